The minimum atomic E-state index is -0.217. The van der Waals surface area contributed by atoms with E-state index in [1.54, 1.807) is 6.20 Å². The summed E-state index contributed by atoms with van der Waals surface area (Å²) in [5, 5.41) is 11.3. The molecule has 2 fully saturated rings. The lowest BCUT2D eigenvalue weighted by molar-refractivity contribution is -0.137. The number of nitrogens with one attached hydrogen (secondary N) is 1. The summed E-state index contributed by atoms with van der Waals surface area (Å²) in [4.78, 5) is 16.7. The lowest BCUT2D eigenvalue weighted by atomic mass is 10.0. The van der Waals surface area contributed by atoms with Crippen molar-refractivity contribution in [2.45, 2.75) is 24.9 Å². The highest BCUT2D eigenvalue weighted by Gasteiger charge is 2.31. The fourth-order valence-corrected chi connectivity index (χ4v) is 3.09. The van der Waals surface area contributed by atoms with Crippen LogP contribution in [-0.2, 0) is 9.53 Å². The van der Waals surface area contributed by atoms with Gasteiger partial charge < -0.3 is 19.9 Å². The summed E-state index contributed by atoms with van der Waals surface area (Å²) in [5.74, 6) is 0.998. The fraction of sp³-hybridized carbons (Fsp3) is 0.667. The van der Waals surface area contributed by atoms with Gasteiger partial charge in [0.25, 0.3) is 0 Å². The number of morpholine rings is 1. The Kier molecular flexibility index (Phi) is 8.69. The average Bonchev–Trinajstić information content (AvgIpc) is 2.62. The molecule has 0 radical (unpaired) electrons. The standard InChI is InChI=1S/C15H23N5O2.2ClH/c1-19(15(21)13-11-22-9-7-16-13)12-4-3-8-20(10-12)14-5-2-6-17-18-14;;/h2,5-6,12-13,16H,3-4,7-11H2,1H3;2*1H. The number of ether oxygens (including phenoxy) is 1. The predicted octanol–water partition coefficient (Wildman–Crippen LogP) is 0.736. The first-order valence-corrected chi connectivity index (χ1v) is 7.86. The Labute approximate surface area is 154 Å². The number of carbonyl (C=O) groups is 1. The molecular formula is C15H25Cl2N5O2. The average molecular weight is 378 g/mol. The molecule has 1 aromatic heterocycles. The Balaban J connectivity index is 0.00000144. The van der Waals surface area contributed by atoms with E-state index in [1.807, 2.05) is 24.1 Å². The summed E-state index contributed by atoms with van der Waals surface area (Å²) < 4.78 is 5.39. The Bertz CT molecular complexity index is 502. The molecule has 3 heterocycles. The van der Waals surface area contributed by atoms with E-state index in [1.165, 1.54) is 0 Å². The first kappa shape index (κ1) is 20.9. The number of aromatic nitrogens is 2. The summed E-state index contributed by atoms with van der Waals surface area (Å²) in [6.45, 7) is 3.64. The van der Waals surface area contributed by atoms with E-state index in [-0.39, 0.29) is 42.8 Å². The number of rotatable bonds is 3. The summed E-state index contributed by atoms with van der Waals surface area (Å²) in [5.41, 5.74) is 0. The second kappa shape index (κ2) is 9.98. The molecule has 0 aromatic carbocycles. The molecule has 0 saturated carbocycles. The third-order valence-electron chi connectivity index (χ3n) is 4.39. The van der Waals surface area contributed by atoms with Crippen LogP contribution in [-0.4, -0.2) is 73.0 Å². The highest BCUT2D eigenvalue weighted by Crippen LogP contribution is 2.20. The predicted molar refractivity (Wildman–Crippen MR) is 97.1 cm³/mol. The van der Waals surface area contributed by atoms with Crippen LogP contribution >= 0.6 is 24.8 Å². The molecule has 9 heteroatoms. The quantitative estimate of drug-likeness (QED) is 0.837. The van der Waals surface area contributed by atoms with E-state index in [0.29, 0.717) is 13.2 Å². The van der Waals surface area contributed by atoms with E-state index < -0.39 is 0 Å². The lowest BCUT2D eigenvalue weighted by Crippen LogP contribution is -2.56. The zero-order valence-electron chi connectivity index (χ0n) is 13.8. The van der Waals surface area contributed by atoms with Crippen molar-refractivity contribution in [2.24, 2.45) is 0 Å². The van der Waals surface area contributed by atoms with E-state index >= 15 is 0 Å². The van der Waals surface area contributed by atoms with Gasteiger partial charge in [0.15, 0.2) is 5.82 Å². The normalized spacial score (nSPS) is 23.6. The second-order valence-electron chi connectivity index (χ2n) is 5.85. The summed E-state index contributed by atoms with van der Waals surface area (Å²) in [7, 11) is 1.89. The lowest BCUT2D eigenvalue weighted by Gasteiger charge is -2.39. The van der Waals surface area contributed by atoms with Crippen molar-refractivity contribution in [3.05, 3.63) is 18.3 Å². The van der Waals surface area contributed by atoms with Gasteiger partial charge in [-0.3, -0.25) is 4.79 Å². The van der Waals surface area contributed by atoms with Gasteiger partial charge in [-0.1, -0.05) is 0 Å². The first-order chi connectivity index (χ1) is 10.8. The molecule has 0 bridgehead atoms. The Morgan fingerprint density at radius 2 is 2.29 bits per heavy atom. The van der Waals surface area contributed by atoms with Crippen LogP contribution in [0.15, 0.2) is 18.3 Å². The highest BCUT2D eigenvalue weighted by molar-refractivity contribution is 5.85. The monoisotopic (exact) mass is 377 g/mol. The van der Waals surface area contributed by atoms with Crippen LogP contribution < -0.4 is 10.2 Å². The van der Waals surface area contributed by atoms with Gasteiger partial charge in [0.2, 0.25) is 5.91 Å². The molecule has 0 aliphatic carbocycles. The zero-order valence-corrected chi connectivity index (χ0v) is 15.4. The minimum Gasteiger partial charge on any atom is -0.378 e. The Morgan fingerprint density at radius 3 is 2.96 bits per heavy atom. The number of hydrogen-bond acceptors (Lipinski definition) is 6. The Hall–Kier alpha value is -1.15. The van der Waals surface area contributed by atoms with Crippen molar-refractivity contribution in [1.29, 1.82) is 0 Å². The number of halogens is 2. The molecule has 1 amide bonds. The maximum atomic E-state index is 12.6. The zero-order chi connectivity index (χ0) is 15.4. The van der Waals surface area contributed by atoms with Gasteiger partial charge in [-0.25, -0.2) is 0 Å². The van der Waals surface area contributed by atoms with Crippen LogP contribution in [0.2, 0.25) is 0 Å². The first-order valence-electron chi connectivity index (χ1n) is 7.86. The maximum absolute atomic E-state index is 12.6. The largest absolute Gasteiger partial charge is 0.378 e. The number of carbonyl (C=O) groups excluding carboxylic acids is 1. The Morgan fingerprint density at radius 1 is 1.46 bits per heavy atom. The number of likely N-dealkylation sites (N-methyl/N-ethyl adjacent to an activating group) is 1. The molecule has 136 valence electrons. The molecule has 0 spiro atoms. The summed E-state index contributed by atoms with van der Waals surface area (Å²) in [6, 6.07) is 3.84. The maximum Gasteiger partial charge on any atom is 0.242 e. The molecule has 2 unspecified atom stereocenters. The number of anilines is 1. The topological polar surface area (TPSA) is 70.6 Å². The van der Waals surface area contributed by atoms with Gasteiger partial charge in [-0.05, 0) is 25.0 Å². The summed E-state index contributed by atoms with van der Waals surface area (Å²) in [6.07, 6.45) is 3.75. The van der Waals surface area contributed by atoms with Crippen LogP contribution in [0.25, 0.3) is 0 Å². The van der Waals surface area contributed by atoms with E-state index in [9.17, 15) is 4.79 Å². The minimum absolute atomic E-state index is 0. The SMILES string of the molecule is CN(C(=O)C1COCCN1)C1CCCN(c2cccnn2)C1.Cl.Cl. The molecule has 3 rings (SSSR count). The van der Waals surface area contributed by atoms with Crippen LogP contribution in [0.1, 0.15) is 12.8 Å². The van der Waals surface area contributed by atoms with Crippen LogP contribution in [0.4, 0.5) is 5.82 Å². The van der Waals surface area contributed by atoms with E-state index in [2.05, 4.69) is 20.4 Å². The molecular weight excluding hydrogens is 353 g/mol. The summed E-state index contributed by atoms with van der Waals surface area (Å²) >= 11 is 0. The van der Waals surface area contributed by atoms with Gasteiger partial charge in [0.1, 0.15) is 6.04 Å². The van der Waals surface area contributed by atoms with Gasteiger partial charge >= 0.3 is 0 Å². The van der Waals surface area contributed by atoms with Gasteiger partial charge in [-0.15, -0.1) is 29.9 Å². The molecule has 1 aromatic rings. The molecule has 24 heavy (non-hydrogen) atoms. The molecule has 2 aliphatic rings. The molecule has 2 atom stereocenters. The van der Waals surface area contributed by atoms with Crippen molar-refractivity contribution in [3.8, 4) is 0 Å². The van der Waals surface area contributed by atoms with Gasteiger partial charge in [-0.2, -0.15) is 5.10 Å². The molecule has 7 nitrogen and oxygen atoms in total. The van der Waals surface area contributed by atoms with Gasteiger partial charge in [0.05, 0.1) is 13.2 Å². The molecule has 1 N–H and O–H groups in total. The van der Waals surface area contributed by atoms with E-state index in [4.69, 9.17) is 4.74 Å². The third kappa shape index (κ3) is 4.92. The molecule has 2 saturated heterocycles. The van der Waals surface area contributed by atoms with E-state index in [0.717, 1.165) is 38.3 Å². The molecule has 2 aliphatic heterocycles. The highest BCUT2D eigenvalue weighted by atomic mass is 35.5. The van der Waals surface area contributed by atoms with Crippen molar-refractivity contribution < 1.29 is 9.53 Å². The van der Waals surface area contributed by atoms with Crippen molar-refractivity contribution in [3.63, 3.8) is 0 Å². The van der Waals surface area contributed by atoms with Crippen molar-refractivity contribution in [1.82, 2.24) is 20.4 Å². The van der Waals surface area contributed by atoms with Crippen molar-refractivity contribution >= 4 is 36.5 Å². The second-order valence-corrected chi connectivity index (χ2v) is 5.85. The number of piperidine rings is 1. The van der Waals surface area contributed by atoms with Gasteiger partial charge in [0, 0.05) is 38.9 Å². The fourth-order valence-electron chi connectivity index (χ4n) is 3.09. The number of hydrogen-bond donors (Lipinski definition) is 1. The smallest absolute Gasteiger partial charge is 0.242 e. The van der Waals surface area contributed by atoms with Crippen LogP contribution in [0, 0.1) is 0 Å². The van der Waals surface area contributed by atoms with Crippen molar-refractivity contribution in [2.75, 3.05) is 44.8 Å². The van der Waals surface area contributed by atoms with Crippen LogP contribution in [0.5, 0.6) is 0 Å². The third-order valence-corrected chi connectivity index (χ3v) is 4.39. The number of nitrogens with zero attached hydrogens (tertiary/aromatic N) is 4. The number of amides is 1. The van der Waals surface area contributed by atoms with Crippen LogP contribution in [0.3, 0.4) is 0 Å².